The van der Waals surface area contributed by atoms with E-state index in [1.165, 1.54) is 0 Å². The van der Waals surface area contributed by atoms with Crippen LogP contribution in [0.2, 0.25) is 0 Å². The van der Waals surface area contributed by atoms with Gasteiger partial charge in [0.05, 0.1) is 5.01 Å². The first-order valence-corrected chi connectivity index (χ1v) is 10.9. The first-order chi connectivity index (χ1) is 12.6. The first kappa shape index (κ1) is 25.4. The van der Waals surface area contributed by atoms with Crippen molar-refractivity contribution in [2.75, 3.05) is 26.2 Å². The number of aryl methyl sites for hydroxylation is 1. The zero-order valence-electron chi connectivity index (χ0n) is 15.6. The molecule has 162 valence electrons. The lowest BCUT2D eigenvalue weighted by molar-refractivity contribution is -0.0494. The van der Waals surface area contributed by atoms with Crippen LogP contribution < -0.4 is 10.6 Å². The molecule has 0 bridgehead atoms. The van der Waals surface area contributed by atoms with Gasteiger partial charge in [0.15, 0.2) is 5.96 Å². The van der Waals surface area contributed by atoms with Gasteiger partial charge in [-0.3, -0.25) is 4.99 Å². The summed E-state index contributed by atoms with van der Waals surface area (Å²) in [6, 6.07) is -0.135. The maximum Gasteiger partial charge on any atom is 0.511 e. The number of guanidine groups is 1. The number of nitrogens with one attached hydrogen (secondary N) is 2. The molecule has 2 heterocycles. The van der Waals surface area contributed by atoms with Crippen LogP contribution in [-0.2, 0) is 16.4 Å². The predicted molar refractivity (Wildman–Crippen MR) is 115 cm³/mol. The van der Waals surface area contributed by atoms with E-state index >= 15 is 0 Å². The molecule has 1 aromatic heterocycles. The predicted octanol–water partition coefficient (Wildman–Crippen LogP) is 2.48. The second kappa shape index (κ2) is 10.9. The Hall–Kier alpha value is -0.670. The van der Waals surface area contributed by atoms with Crippen LogP contribution in [0.15, 0.2) is 11.2 Å². The molecule has 1 aliphatic rings. The molecule has 13 heteroatoms. The standard InChI is InChI=1S/C15H24F3N5O2S2.HI/c1-3-19-14(20-7-4-13-21-10-11(2)26-13)22-12-5-8-23(9-6-12)27(24,25)15(16,17)18;/h10,12H,3-9H2,1-2H3,(H2,19,20,22);1H. The Morgan fingerprint density at radius 3 is 2.54 bits per heavy atom. The Morgan fingerprint density at radius 2 is 2.04 bits per heavy atom. The Balaban J connectivity index is 0.00000392. The van der Waals surface area contributed by atoms with Gasteiger partial charge in [-0.2, -0.15) is 17.5 Å². The molecule has 2 rings (SSSR count). The zero-order valence-corrected chi connectivity index (χ0v) is 19.6. The summed E-state index contributed by atoms with van der Waals surface area (Å²) in [6.45, 7) is 4.74. The van der Waals surface area contributed by atoms with Crippen molar-refractivity contribution in [2.24, 2.45) is 4.99 Å². The average Bonchev–Trinajstić information content (AvgIpc) is 3.00. The lowest BCUT2D eigenvalue weighted by Crippen LogP contribution is -2.51. The minimum atomic E-state index is -5.25. The van der Waals surface area contributed by atoms with Gasteiger partial charge in [0.2, 0.25) is 0 Å². The smallest absolute Gasteiger partial charge is 0.357 e. The fourth-order valence-corrected chi connectivity index (χ4v) is 4.44. The van der Waals surface area contributed by atoms with Crippen LogP contribution in [0.5, 0.6) is 0 Å². The molecule has 1 aromatic rings. The van der Waals surface area contributed by atoms with E-state index in [1.807, 2.05) is 20.0 Å². The van der Waals surface area contributed by atoms with Gasteiger partial charge in [0.25, 0.3) is 0 Å². The van der Waals surface area contributed by atoms with E-state index in [0.29, 0.717) is 29.8 Å². The SMILES string of the molecule is CCNC(=NCCc1ncc(C)s1)NC1CCN(S(=O)(=O)C(F)(F)F)CC1.I. The van der Waals surface area contributed by atoms with Crippen molar-refractivity contribution in [2.45, 2.75) is 44.7 Å². The molecule has 0 saturated carbocycles. The van der Waals surface area contributed by atoms with Crippen molar-refractivity contribution in [3.63, 3.8) is 0 Å². The molecule has 0 atom stereocenters. The topological polar surface area (TPSA) is 86.7 Å². The van der Waals surface area contributed by atoms with E-state index in [2.05, 4.69) is 20.6 Å². The number of alkyl halides is 3. The van der Waals surface area contributed by atoms with Gasteiger partial charge in [-0.25, -0.2) is 13.4 Å². The molecule has 0 unspecified atom stereocenters. The summed E-state index contributed by atoms with van der Waals surface area (Å²) < 4.78 is 61.3. The van der Waals surface area contributed by atoms with Gasteiger partial charge < -0.3 is 10.6 Å². The molecule has 0 spiro atoms. The van der Waals surface area contributed by atoms with E-state index in [-0.39, 0.29) is 55.9 Å². The third kappa shape index (κ3) is 6.99. The fourth-order valence-electron chi connectivity index (χ4n) is 2.68. The summed E-state index contributed by atoms with van der Waals surface area (Å²) in [5.41, 5.74) is -5.25. The summed E-state index contributed by atoms with van der Waals surface area (Å²) in [5.74, 6) is 0.572. The highest BCUT2D eigenvalue weighted by atomic mass is 127. The van der Waals surface area contributed by atoms with E-state index in [9.17, 15) is 21.6 Å². The molecular formula is C15H25F3IN5O2S2. The third-order valence-corrected chi connectivity index (χ3v) is 6.64. The van der Waals surface area contributed by atoms with E-state index in [1.54, 1.807) is 11.3 Å². The quantitative estimate of drug-likeness (QED) is 0.320. The number of hydrogen-bond acceptors (Lipinski definition) is 5. The molecule has 28 heavy (non-hydrogen) atoms. The minimum Gasteiger partial charge on any atom is -0.357 e. The Labute approximate surface area is 184 Å². The molecule has 7 nitrogen and oxygen atoms in total. The van der Waals surface area contributed by atoms with Crippen LogP contribution in [0.1, 0.15) is 29.7 Å². The molecule has 0 aliphatic carbocycles. The molecule has 2 N–H and O–H groups in total. The molecule has 0 aromatic carbocycles. The number of piperidine rings is 1. The summed E-state index contributed by atoms with van der Waals surface area (Å²) in [4.78, 5) is 9.89. The van der Waals surface area contributed by atoms with Crippen molar-refractivity contribution < 1.29 is 21.6 Å². The highest BCUT2D eigenvalue weighted by molar-refractivity contribution is 14.0. The van der Waals surface area contributed by atoms with Gasteiger partial charge in [-0.05, 0) is 26.7 Å². The molecule has 1 saturated heterocycles. The largest absolute Gasteiger partial charge is 0.511 e. The summed E-state index contributed by atoms with van der Waals surface area (Å²) in [6.07, 6.45) is 3.09. The van der Waals surface area contributed by atoms with Crippen molar-refractivity contribution in [3.05, 3.63) is 16.1 Å². The van der Waals surface area contributed by atoms with Crippen LogP contribution in [-0.4, -0.2) is 61.4 Å². The van der Waals surface area contributed by atoms with Gasteiger partial charge in [-0.15, -0.1) is 35.3 Å². The Bertz CT molecular complexity index is 747. The molecular weight excluding hydrogens is 530 g/mol. The second-order valence-electron chi connectivity index (χ2n) is 6.14. The van der Waals surface area contributed by atoms with Crippen molar-refractivity contribution >= 4 is 51.3 Å². The van der Waals surface area contributed by atoms with Gasteiger partial charge >= 0.3 is 15.5 Å². The number of halogens is 4. The van der Waals surface area contributed by atoms with Crippen molar-refractivity contribution in [1.82, 2.24) is 19.9 Å². The lowest BCUT2D eigenvalue weighted by Gasteiger charge is -2.32. The third-order valence-electron chi connectivity index (χ3n) is 4.04. The normalized spacial score (nSPS) is 17.2. The maximum absolute atomic E-state index is 12.6. The summed E-state index contributed by atoms with van der Waals surface area (Å²) in [7, 11) is -5.25. The lowest BCUT2D eigenvalue weighted by atomic mass is 10.1. The summed E-state index contributed by atoms with van der Waals surface area (Å²) >= 11 is 1.62. The first-order valence-electron chi connectivity index (χ1n) is 8.66. The van der Waals surface area contributed by atoms with E-state index in [0.717, 1.165) is 9.88 Å². The highest BCUT2D eigenvalue weighted by Crippen LogP contribution is 2.28. The second-order valence-corrected chi connectivity index (χ2v) is 9.39. The number of aromatic nitrogens is 1. The van der Waals surface area contributed by atoms with Gasteiger partial charge in [0, 0.05) is 49.7 Å². The number of thiazole rings is 1. The number of rotatable bonds is 6. The Morgan fingerprint density at radius 1 is 1.39 bits per heavy atom. The van der Waals surface area contributed by atoms with E-state index < -0.39 is 15.5 Å². The highest BCUT2D eigenvalue weighted by Gasteiger charge is 2.50. The molecule has 1 aliphatic heterocycles. The molecule has 1 fully saturated rings. The molecule has 0 amide bonds. The summed E-state index contributed by atoms with van der Waals surface area (Å²) in [5, 5.41) is 7.27. The van der Waals surface area contributed by atoms with E-state index in [4.69, 9.17) is 0 Å². The van der Waals surface area contributed by atoms with Crippen molar-refractivity contribution in [3.8, 4) is 0 Å². The van der Waals surface area contributed by atoms with Crippen LogP contribution in [0, 0.1) is 6.92 Å². The number of aliphatic imine (C=N–C) groups is 1. The number of nitrogens with zero attached hydrogens (tertiary/aromatic N) is 3. The van der Waals surface area contributed by atoms with Crippen LogP contribution in [0.4, 0.5) is 13.2 Å². The van der Waals surface area contributed by atoms with Crippen LogP contribution in [0.3, 0.4) is 0 Å². The van der Waals surface area contributed by atoms with Crippen molar-refractivity contribution in [1.29, 1.82) is 0 Å². The zero-order chi connectivity index (χ0) is 20.1. The maximum atomic E-state index is 12.6. The minimum absolute atomic E-state index is 0. The van der Waals surface area contributed by atoms with Crippen LogP contribution in [0.25, 0.3) is 0 Å². The average molecular weight is 555 g/mol. The van der Waals surface area contributed by atoms with Crippen LogP contribution >= 0.6 is 35.3 Å². The van der Waals surface area contributed by atoms with Gasteiger partial charge in [0.1, 0.15) is 0 Å². The molecule has 0 radical (unpaired) electrons. The number of hydrogen-bond donors (Lipinski definition) is 2. The Kier molecular flexibility index (Phi) is 9.89. The fraction of sp³-hybridized carbons (Fsp3) is 0.733. The number of sulfonamides is 1. The van der Waals surface area contributed by atoms with Gasteiger partial charge in [-0.1, -0.05) is 0 Å². The monoisotopic (exact) mass is 555 g/mol.